The summed E-state index contributed by atoms with van der Waals surface area (Å²) in [6, 6.07) is 17.8. The maximum absolute atomic E-state index is 12.8. The van der Waals surface area contributed by atoms with Gasteiger partial charge in [-0.15, -0.1) is 0 Å². The molecule has 32 heavy (non-hydrogen) atoms. The second-order valence-electron chi connectivity index (χ2n) is 7.19. The molecule has 0 heterocycles. The molecule has 3 rings (SSSR count). The minimum atomic E-state index is -0.430. The molecule has 0 aliphatic heterocycles. The fourth-order valence-corrected chi connectivity index (χ4v) is 3.10. The largest absolute Gasteiger partial charge is 0.493 e. The Morgan fingerprint density at radius 2 is 1.59 bits per heavy atom. The highest BCUT2D eigenvalue weighted by atomic mass is 16.5. The van der Waals surface area contributed by atoms with Gasteiger partial charge in [0.05, 0.1) is 31.7 Å². The van der Waals surface area contributed by atoms with Crippen LogP contribution in [0.4, 0.5) is 5.69 Å². The van der Waals surface area contributed by atoms with Crippen molar-refractivity contribution in [2.75, 3.05) is 19.5 Å². The van der Waals surface area contributed by atoms with E-state index in [0.717, 1.165) is 16.7 Å². The number of methoxy groups -OCH3 is 2. The summed E-state index contributed by atoms with van der Waals surface area (Å²) < 4.78 is 10.5. The monoisotopic (exact) mass is 431 g/mol. The van der Waals surface area contributed by atoms with E-state index in [4.69, 9.17) is 9.47 Å². The zero-order valence-corrected chi connectivity index (χ0v) is 18.4. The average molecular weight is 431 g/mol. The van der Waals surface area contributed by atoms with E-state index in [0.29, 0.717) is 28.3 Å². The number of nitrogens with one attached hydrogen (secondary N) is 2. The first-order chi connectivity index (χ1) is 15.4. The van der Waals surface area contributed by atoms with Gasteiger partial charge in [-0.25, -0.2) is 5.43 Å². The van der Waals surface area contributed by atoms with Gasteiger partial charge in [-0.3, -0.25) is 9.59 Å². The number of carbonyl (C=O) groups is 2. The summed E-state index contributed by atoms with van der Waals surface area (Å²) in [5, 5.41) is 6.83. The lowest BCUT2D eigenvalue weighted by molar-refractivity contribution is 0.0956. The van der Waals surface area contributed by atoms with Gasteiger partial charge < -0.3 is 14.8 Å². The van der Waals surface area contributed by atoms with Crippen molar-refractivity contribution in [3.63, 3.8) is 0 Å². The van der Waals surface area contributed by atoms with Crippen LogP contribution >= 0.6 is 0 Å². The molecule has 3 aromatic carbocycles. The number of ether oxygens (including phenoxy) is 2. The van der Waals surface area contributed by atoms with Crippen molar-refractivity contribution in [1.82, 2.24) is 5.43 Å². The lowest BCUT2D eigenvalue weighted by Gasteiger charge is -2.13. The van der Waals surface area contributed by atoms with Gasteiger partial charge in [0.25, 0.3) is 11.8 Å². The summed E-state index contributed by atoms with van der Waals surface area (Å²) in [4.78, 5) is 25.6. The number of carbonyl (C=O) groups excluding carboxylic acids is 2. The minimum Gasteiger partial charge on any atom is -0.493 e. The molecular weight excluding hydrogens is 406 g/mol. The Labute approximate surface area is 187 Å². The predicted molar refractivity (Wildman–Crippen MR) is 125 cm³/mol. The predicted octanol–water partition coefficient (Wildman–Crippen LogP) is 4.34. The Morgan fingerprint density at radius 3 is 2.31 bits per heavy atom. The van der Waals surface area contributed by atoms with Gasteiger partial charge in [-0.2, -0.15) is 5.10 Å². The van der Waals surface area contributed by atoms with Crippen LogP contribution < -0.4 is 20.2 Å². The molecule has 3 aromatic rings. The molecule has 7 heteroatoms. The van der Waals surface area contributed by atoms with Crippen LogP contribution in [0.5, 0.6) is 11.5 Å². The van der Waals surface area contributed by atoms with E-state index in [1.165, 1.54) is 14.2 Å². The van der Waals surface area contributed by atoms with Gasteiger partial charge in [0, 0.05) is 5.56 Å². The summed E-state index contributed by atoms with van der Waals surface area (Å²) in [5.41, 5.74) is 6.42. The van der Waals surface area contributed by atoms with Crippen molar-refractivity contribution in [2.24, 2.45) is 5.10 Å². The Hall–Kier alpha value is -4.13. The number of rotatable bonds is 7. The number of hydrogen-bond donors (Lipinski definition) is 2. The highest BCUT2D eigenvalue weighted by molar-refractivity contribution is 6.09. The second-order valence-corrected chi connectivity index (χ2v) is 7.19. The van der Waals surface area contributed by atoms with E-state index in [2.05, 4.69) is 15.8 Å². The quantitative estimate of drug-likeness (QED) is 0.430. The van der Waals surface area contributed by atoms with Crippen LogP contribution in [0.25, 0.3) is 0 Å². The normalized spacial score (nSPS) is 10.6. The van der Waals surface area contributed by atoms with E-state index >= 15 is 0 Å². The molecule has 0 unspecified atom stereocenters. The molecule has 0 saturated heterocycles. The number of hydrogen-bond acceptors (Lipinski definition) is 5. The summed E-state index contributed by atoms with van der Waals surface area (Å²) in [6.07, 6.45) is 1.57. The number of anilines is 1. The van der Waals surface area contributed by atoms with E-state index in [9.17, 15) is 9.59 Å². The van der Waals surface area contributed by atoms with Crippen molar-refractivity contribution >= 4 is 23.7 Å². The first-order valence-corrected chi connectivity index (χ1v) is 9.95. The highest BCUT2D eigenvalue weighted by Crippen LogP contribution is 2.28. The van der Waals surface area contributed by atoms with Crippen molar-refractivity contribution in [1.29, 1.82) is 0 Å². The number of amides is 2. The third-order valence-electron chi connectivity index (χ3n) is 4.74. The van der Waals surface area contributed by atoms with Crippen molar-refractivity contribution in [3.8, 4) is 11.5 Å². The molecule has 164 valence electrons. The number of nitrogens with zero attached hydrogens (tertiary/aromatic N) is 1. The molecule has 7 nitrogen and oxygen atoms in total. The minimum absolute atomic E-state index is 0.306. The molecule has 0 aliphatic rings. The van der Waals surface area contributed by atoms with Gasteiger partial charge in [0.15, 0.2) is 11.5 Å². The van der Waals surface area contributed by atoms with Crippen LogP contribution in [0.2, 0.25) is 0 Å². The first-order valence-electron chi connectivity index (χ1n) is 9.95. The Bertz CT molecular complexity index is 1170. The lowest BCUT2D eigenvalue weighted by atomic mass is 10.1. The average Bonchev–Trinajstić information content (AvgIpc) is 2.79. The summed E-state index contributed by atoms with van der Waals surface area (Å²) in [7, 11) is 3.02. The van der Waals surface area contributed by atoms with Gasteiger partial charge in [0.2, 0.25) is 0 Å². The number of benzene rings is 3. The lowest BCUT2D eigenvalue weighted by Crippen LogP contribution is -2.21. The second kappa shape index (κ2) is 10.3. The third kappa shape index (κ3) is 5.51. The fraction of sp³-hybridized carbons (Fsp3) is 0.160. The van der Waals surface area contributed by atoms with Gasteiger partial charge >= 0.3 is 0 Å². The molecule has 2 amide bonds. The van der Waals surface area contributed by atoms with E-state index in [-0.39, 0.29) is 5.91 Å². The zero-order valence-electron chi connectivity index (χ0n) is 18.4. The molecule has 0 radical (unpaired) electrons. The summed E-state index contributed by atoms with van der Waals surface area (Å²) >= 11 is 0. The molecule has 0 saturated carbocycles. The van der Waals surface area contributed by atoms with Gasteiger partial charge in [0.1, 0.15) is 0 Å². The number of aryl methyl sites for hydroxylation is 2. The van der Waals surface area contributed by atoms with Crippen LogP contribution in [0.3, 0.4) is 0 Å². The Kier molecular flexibility index (Phi) is 7.23. The Morgan fingerprint density at radius 1 is 0.844 bits per heavy atom. The molecule has 0 atom stereocenters. The van der Waals surface area contributed by atoms with E-state index in [1.807, 2.05) is 44.2 Å². The van der Waals surface area contributed by atoms with Crippen molar-refractivity contribution in [3.05, 3.63) is 88.5 Å². The fourth-order valence-electron chi connectivity index (χ4n) is 3.10. The SMILES string of the molecule is COc1ccc(C(=O)Nc2ccc(C)cc2C(=O)N/N=C/c2cccc(C)c2)cc1OC. The maximum atomic E-state index is 12.8. The van der Waals surface area contributed by atoms with Gasteiger partial charge in [-0.05, 0) is 49.7 Å². The van der Waals surface area contributed by atoms with Gasteiger partial charge in [-0.1, -0.05) is 41.5 Å². The van der Waals surface area contributed by atoms with Crippen LogP contribution in [-0.2, 0) is 0 Å². The maximum Gasteiger partial charge on any atom is 0.273 e. The third-order valence-corrected chi connectivity index (χ3v) is 4.74. The van der Waals surface area contributed by atoms with Crippen molar-refractivity contribution in [2.45, 2.75) is 13.8 Å². The van der Waals surface area contributed by atoms with Crippen LogP contribution in [0, 0.1) is 13.8 Å². The van der Waals surface area contributed by atoms with E-state index in [1.54, 1.807) is 36.5 Å². The zero-order chi connectivity index (χ0) is 23.1. The smallest absolute Gasteiger partial charge is 0.273 e. The Balaban J connectivity index is 1.78. The van der Waals surface area contributed by atoms with Crippen molar-refractivity contribution < 1.29 is 19.1 Å². The molecule has 0 spiro atoms. The summed E-state index contributed by atoms with van der Waals surface area (Å²) in [5.74, 6) is 0.144. The standard InChI is InChI=1S/C25H25N3O4/c1-16-6-5-7-18(12-16)15-26-28-25(30)20-13-17(2)8-10-21(20)27-24(29)19-9-11-22(31-3)23(14-19)32-4/h5-15H,1-4H3,(H,27,29)(H,28,30)/b26-15+. The van der Waals surface area contributed by atoms with E-state index < -0.39 is 5.91 Å². The van der Waals surface area contributed by atoms with Crippen LogP contribution in [-0.4, -0.2) is 32.2 Å². The molecule has 0 aliphatic carbocycles. The molecule has 0 bridgehead atoms. The summed E-state index contributed by atoms with van der Waals surface area (Å²) in [6.45, 7) is 3.85. The molecule has 0 aromatic heterocycles. The topological polar surface area (TPSA) is 89.0 Å². The molecular formula is C25H25N3O4. The number of hydrazone groups is 1. The van der Waals surface area contributed by atoms with Crippen LogP contribution in [0.1, 0.15) is 37.4 Å². The molecule has 2 N–H and O–H groups in total. The first kappa shape index (κ1) is 22.6. The highest BCUT2D eigenvalue weighted by Gasteiger charge is 2.16. The van der Waals surface area contributed by atoms with Crippen LogP contribution in [0.15, 0.2) is 65.8 Å². The molecule has 0 fully saturated rings.